The number of β-amino-alcohol motifs (C(OH)–C–C–N with tert-alkyl or cyclic N) is 1. The van der Waals surface area contributed by atoms with Crippen molar-refractivity contribution in [2.45, 2.75) is 36.7 Å². The summed E-state index contributed by atoms with van der Waals surface area (Å²) in [7, 11) is 0. The number of morpholine rings is 1. The molecule has 1 spiro atoms. The Labute approximate surface area is 256 Å². The molecular formula is C32H40N4O8. The number of allylic oxidation sites excluding steroid dienone is 1. The van der Waals surface area contributed by atoms with Gasteiger partial charge in [-0.3, -0.25) is 24.1 Å². The molecule has 6 atom stereocenters. The van der Waals surface area contributed by atoms with Gasteiger partial charge in [-0.1, -0.05) is 54.6 Å². The van der Waals surface area contributed by atoms with E-state index in [-0.39, 0.29) is 44.5 Å². The van der Waals surface area contributed by atoms with Crippen LogP contribution in [0.15, 0.2) is 54.6 Å². The van der Waals surface area contributed by atoms with Gasteiger partial charge in [0, 0.05) is 45.7 Å². The first-order valence-corrected chi connectivity index (χ1v) is 15.5. The van der Waals surface area contributed by atoms with Gasteiger partial charge in [-0.25, -0.2) is 0 Å². The van der Waals surface area contributed by atoms with E-state index in [1.54, 1.807) is 17.1 Å². The third-order valence-electron chi connectivity index (χ3n) is 9.27. The van der Waals surface area contributed by atoms with Crippen molar-refractivity contribution in [2.75, 3.05) is 65.6 Å². The van der Waals surface area contributed by atoms with E-state index in [9.17, 15) is 24.3 Å². The first-order chi connectivity index (χ1) is 21.4. The van der Waals surface area contributed by atoms with Crippen molar-refractivity contribution in [3.05, 3.63) is 60.2 Å². The maximum Gasteiger partial charge on any atom is 0.313 e. The highest BCUT2D eigenvalue weighted by Crippen LogP contribution is 2.55. The van der Waals surface area contributed by atoms with Gasteiger partial charge in [-0.05, 0) is 12.0 Å². The van der Waals surface area contributed by atoms with Crippen LogP contribution < -0.4 is 5.32 Å². The summed E-state index contributed by atoms with van der Waals surface area (Å²) in [5, 5.41) is 12.8. The molecule has 5 bridgehead atoms. The second kappa shape index (κ2) is 13.2. The van der Waals surface area contributed by atoms with Gasteiger partial charge in [0.15, 0.2) is 0 Å². The molecule has 236 valence electrons. The summed E-state index contributed by atoms with van der Waals surface area (Å²) in [4.78, 5) is 60.4. The highest BCUT2D eigenvalue weighted by Gasteiger charge is 2.73. The van der Waals surface area contributed by atoms with Gasteiger partial charge in [0.2, 0.25) is 17.7 Å². The maximum atomic E-state index is 14.5. The van der Waals surface area contributed by atoms with Crippen LogP contribution in [0.25, 0.3) is 0 Å². The first-order valence-electron chi connectivity index (χ1n) is 15.5. The molecule has 0 aromatic heterocycles. The number of aliphatic hydroxyl groups excluding tert-OH is 1. The van der Waals surface area contributed by atoms with Crippen molar-refractivity contribution in [3.63, 3.8) is 0 Å². The molecule has 0 unspecified atom stereocenters. The summed E-state index contributed by atoms with van der Waals surface area (Å²) in [6.45, 7) is 3.75. The molecule has 44 heavy (non-hydrogen) atoms. The van der Waals surface area contributed by atoms with Crippen LogP contribution in [0.2, 0.25) is 0 Å². The molecule has 0 saturated carbocycles. The van der Waals surface area contributed by atoms with Crippen LogP contribution in [-0.2, 0) is 33.4 Å². The van der Waals surface area contributed by atoms with Crippen molar-refractivity contribution in [1.29, 1.82) is 0 Å². The fraction of sp³-hybridized carbons (Fsp3) is 0.562. The molecule has 12 nitrogen and oxygen atoms in total. The monoisotopic (exact) mass is 608 g/mol. The fourth-order valence-corrected chi connectivity index (χ4v) is 7.06. The van der Waals surface area contributed by atoms with Crippen LogP contribution in [0, 0.1) is 11.8 Å². The van der Waals surface area contributed by atoms with Gasteiger partial charge < -0.3 is 34.4 Å². The molecule has 3 saturated heterocycles. The molecule has 1 aromatic carbocycles. The Morgan fingerprint density at radius 1 is 0.977 bits per heavy atom. The Hall–Kier alpha value is -3.58. The number of amides is 3. The van der Waals surface area contributed by atoms with Crippen LogP contribution in [0.4, 0.5) is 0 Å². The summed E-state index contributed by atoms with van der Waals surface area (Å²) in [5.74, 6) is -3.50. The Morgan fingerprint density at radius 3 is 2.55 bits per heavy atom. The van der Waals surface area contributed by atoms with Crippen LogP contribution in [0.1, 0.15) is 24.5 Å². The van der Waals surface area contributed by atoms with E-state index < -0.39 is 47.6 Å². The first kappa shape index (κ1) is 30.4. The van der Waals surface area contributed by atoms with Gasteiger partial charge in [0.25, 0.3) is 0 Å². The van der Waals surface area contributed by atoms with Crippen molar-refractivity contribution < 1.29 is 38.5 Å². The molecule has 2 N–H and O–H groups in total. The van der Waals surface area contributed by atoms with Crippen molar-refractivity contribution in [1.82, 2.24) is 20.0 Å². The zero-order chi connectivity index (χ0) is 30.7. The van der Waals surface area contributed by atoms with Crippen molar-refractivity contribution in [3.8, 4) is 0 Å². The molecule has 3 fully saturated rings. The average molecular weight is 609 g/mol. The second-order valence-corrected chi connectivity index (χ2v) is 11.8. The van der Waals surface area contributed by atoms with E-state index in [1.165, 1.54) is 4.90 Å². The van der Waals surface area contributed by atoms with Crippen LogP contribution in [0.5, 0.6) is 0 Å². The SMILES string of the molecule is O=C1CC/C=C\CN(CCN2CCOCC2)C(=O)[C@H]2N(CCO)C(=O)[C@@H]3[C@@H](C(=O)O[C@@H](c4ccccc4)CN1)[C@H]1C=C[C@]32O1. The Kier molecular flexibility index (Phi) is 9.13. The van der Waals surface area contributed by atoms with E-state index in [1.807, 2.05) is 42.5 Å². The van der Waals surface area contributed by atoms with E-state index in [2.05, 4.69) is 10.2 Å². The lowest BCUT2D eigenvalue weighted by molar-refractivity contribution is -0.159. The maximum absolute atomic E-state index is 14.5. The van der Waals surface area contributed by atoms with Crippen molar-refractivity contribution >= 4 is 23.7 Å². The summed E-state index contributed by atoms with van der Waals surface area (Å²) in [5.41, 5.74) is -0.653. The molecule has 0 aliphatic carbocycles. The van der Waals surface area contributed by atoms with Crippen LogP contribution in [-0.4, -0.2) is 127 Å². The van der Waals surface area contributed by atoms with Crippen LogP contribution >= 0.6 is 0 Å². The van der Waals surface area contributed by atoms with E-state index in [0.29, 0.717) is 38.3 Å². The topological polar surface area (TPSA) is 138 Å². The zero-order valence-electron chi connectivity index (χ0n) is 24.7. The minimum atomic E-state index is -1.36. The zero-order valence-corrected chi connectivity index (χ0v) is 24.7. The number of esters is 1. The number of rotatable bonds is 6. The van der Waals surface area contributed by atoms with Gasteiger partial charge >= 0.3 is 5.97 Å². The Bertz CT molecular complexity index is 1300. The van der Waals surface area contributed by atoms with Gasteiger partial charge in [0.05, 0.1) is 38.4 Å². The van der Waals surface area contributed by atoms with E-state index in [0.717, 1.165) is 13.1 Å². The number of ether oxygens (including phenoxy) is 3. The fourth-order valence-electron chi connectivity index (χ4n) is 7.06. The average Bonchev–Trinajstić information content (AvgIpc) is 3.68. The lowest BCUT2D eigenvalue weighted by Gasteiger charge is -2.36. The summed E-state index contributed by atoms with van der Waals surface area (Å²) >= 11 is 0. The highest BCUT2D eigenvalue weighted by atomic mass is 16.6. The number of nitrogens with one attached hydrogen (secondary N) is 1. The second-order valence-electron chi connectivity index (χ2n) is 11.8. The number of likely N-dealkylation sites (tertiary alicyclic amines) is 1. The molecule has 5 aliphatic rings. The number of fused-ring (bicyclic) bond motifs is 2. The lowest BCUT2D eigenvalue weighted by atomic mass is 9.74. The summed E-state index contributed by atoms with van der Waals surface area (Å²) in [6.07, 6.45) is 6.42. The minimum absolute atomic E-state index is 0.0665. The normalized spacial score (nSPS) is 33.8. The molecule has 0 radical (unpaired) electrons. The van der Waals surface area contributed by atoms with Crippen molar-refractivity contribution in [2.24, 2.45) is 11.8 Å². The number of hydrogen-bond donors (Lipinski definition) is 2. The molecule has 6 rings (SSSR count). The largest absolute Gasteiger partial charge is 0.455 e. The third kappa shape index (κ3) is 5.79. The lowest BCUT2D eigenvalue weighted by Crippen LogP contribution is -2.57. The molecule has 12 heteroatoms. The number of aliphatic hydroxyl groups is 1. The number of carbonyl (C=O) groups is 4. The smallest absolute Gasteiger partial charge is 0.313 e. The van der Waals surface area contributed by atoms with E-state index in [4.69, 9.17) is 14.2 Å². The third-order valence-corrected chi connectivity index (χ3v) is 9.27. The number of cyclic esters (lactones) is 1. The number of benzene rings is 1. The summed E-state index contributed by atoms with van der Waals surface area (Å²) < 4.78 is 17.9. The quantitative estimate of drug-likeness (QED) is 0.339. The Morgan fingerprint density at radius 2 is 1.77 bits per heavy atom. The standard InChI is InChI=1S/C32H40N4O8/c37-18-15-36-28-30(40)35(14-13-34-16-19-42-20-17-34)12-6-2-5-9-25(38)33-21-24(22-7-3-1-4-8-22)43-31(41)26-23-10-11-32(28,44-23)27(26)29(36)39/h1-4,6-8,10-11,23-24,26-28,37H,5,9,12-21H2,(H,33,38)/b6-2-/t23-,24-,26+,27+,28-,32+/m1/s1. The predicted molar refractivity (Wildman–Crippen MR) is 157 cm³/mol. The number of nitrogens with zero attached hydrogens (tertiary/aromatic N) is 3. The number of hydrogen-bond acceptors (Lipinski definition) is 9. The summed E-state index contributed by atoms with van der Waals surface area (Å²) in [6, 6.07) is 8.08. The Balaban J connectivity index is 1.34. The molecule has 1 aromatic rings. The van der Waals surface area contributed by atoms with Gasteiger partial charge in [0.1, 0.15) is 23.7 Å². The van der Waals surface area contributed by atoms with E-state index >= 15 is 0 Å². The van der Waals surface area contributed by atoms with Gasteiger partial charge in [-0.2, -0.15) is 0 Å². The number of carbonyl (C=O) groups excluding carboxylic acids is 4. The molecular weight excluding hydrogens is 568 g/mol. The molecule has 5 aliphatic heterocycles. The molecule has 3 amide bonds. The van der Waals surface area contributed by atoms with Gasteiger partial charge in [-0.15, -0.1) is 0 Å². The predicted octanol–water partition coefficient (Wildman–Crippen LogP) is 0.0408. The highest BCUT2D eigenvalue weighted by molar-refractivity contribution is 5.99. The molecule has 5 heterocycles. The van der Waals surface area contributed by atoms with Crippen LogP contribution in [0.3, 0.4) is 0 Å². The minimum Gasteiger partial charge on any atom is -0.455 e.